The van der Waals surface area contributed by atoms with Gasteiger partial charge in [0.1, 0.15) is 6.07 Å². The number of aryl methyl sites for hydroxylation is 1. The summed E-state index contributed by atoms with van der Waals surface area (Å²) in [6.07, 6.45) is -4.43. The van der Waals surface area contributed by atoms with Crippen LogP contribution in [0.4, 0.5) is 18.9 Å². The maximum Gasteiger partial charge on any atom is 0.416 e. The maximum absolute atomic E-state index is 13.1. The molecule has 0 aliphatic heterocycles. The molecule has 3 nitrogen and oxygen atoms in total. The summed E-state index contributed by atoms with van der Waals surface area (Å²) in [7, 11) is 0. The van der Waals surface area contributed by atoms with Gasteiger partial charge in [-0.25, -0.2) is 0 Å². The van der Waals surface area contributed by atoms with Crippen molar-refractivity contribution in [1.29, 1.82) is 5.26 Å². The smallest absolute Gasteiger partial charge is 0.340 e. The summed E-state index contributed by atoms with van der Waals surface area (Å²) in [6.45, 7) is 5.91. The number of nitrogens with zero attached hydrogens (tertiary/aromatic N) is 2. The molecular formula is C20H16F3N3S. The van der Waals surface area contributed by atoms with E-state index in [4.69, 9.17) is 0 Å². The molecule has 0 fully saturated rings. The third-order valence-electron chi connectivity index (χ3n) is 4.22. The summed E-state index contributed by atoms with van der Waals surface area (Å²) < 4.78 is 44.3. The van der Waals surface area contributed by atoms with E-state index in [-0.39, 0.29) is 0 Å². The van der Waals surface area contributed by atoms with E-state index in [1.165, 1.54) is 18.0 Å². The Hall–Kier alpha value is -2.85. The first kappa shape index (κ1) is 18.9. The van der Waals surface area contributed by atoms with Crippen LogP contribution in [0, 0.1) is 11.3 Å². The summed E-state index contributed by atoms with van der Waals surface area (Å²) in [5.74, 6) is 0. The molecule has 1 aromatic heterocycles. The Kier molecular flexibility index (Phi) is 5.19. The van der Waals surface area contributed by atoms with Gasteiger partial charge < -0.3 is 9.29 Å². The molecule has 3 rings (SSSR count). The van der Waals surface area contributed by atoms with E-state index in [9.17, 15) is 18.4 Å². The van der Waals surface area contributed by atoms with Gasteiger partial charge in [-0.3, -0.25) is 0 Å². The summed E-state index contributed by atoms with van der Waals surface area (Å²) >= 11 is 1.31. The largest absolute Gasteiger partial charge is 0.416 e. The lowest BCUT2D eigenvalue weighted by molar-refractivity contribution is -0.137. The molecule has 1 heterocycles. The summed E-state index contributed by atoms with van der Waals surface area (Å²) in [5.41, 5.74) is 2.22. The van der Waals surface area contributed by atoms with Gasteiger partial charge in [0, 0.05) is 23.2 Å². The number of alkyl halides is 3. The van der Waals surface area contributed by atoms with Gasteiger partial charge in [0.25, 0.3) is 0 Å². The van der Waals surface area contributed by atoms with Gasteiger partial charge in [-0.05, 0) is 48.5 Å². The van der Waals surface area contributed by atoms with Gasteiger partial charge in [0.2, 0.25) is 0 Å². The predicted molar refractivity (Wildman–Crippen MR) is 104 cm³/mol. The average molecular weight is 387 g/mol. The molecule has 0 bridgehead atoms. The van der Waals surface area contributed by atoms with Gasteiger partial charge in [-0.2, -0.15) is 18.4 Å². The second-order valence-corrected chi connectivity index (χ2v) is 6.55. The molecule has 0 amide bonds. The Morgan fingerprint density at radius 3 is 2.67 bits per heavy atom. The van der Waals surface area contributed by atoms with Crippen LogP contribution >= 0.6 is 11.9 Å². The Bertz CT molecular complexity index is 1050. The topological polar surface area (TPSA) is 40.8 Å². The first-order valence-electron chi connectivity index (χ1n) is 8.17. The number of halogens is 3. The number of fused-ring (bicyclic) bond motifs is 1. The number of nitrogens with one attached hydrogen (secondary N) is 1. The van der Waals surface area contributed by atoms with Gasteiger partial charge in [-0.15, -0.1) is 0 Å². The van der Waals surface area contributed by atoms with Crippen LogP contribution in [0.25, 0.3) is 22.2 Å². The van der Waals surface area contributed by atoms with Crippen LogP contribution in [0.3, 0.4) is 0 Å². The molecule has 7 heteroatoms. The predicted octanol–water partition coefficient (Wildman–Crippen LogP) is 6.42. The van der Waals surface area contributed by atoms with Gasteiger partial charge in [-0.1, -0.05) is 24.8 Å². The zero-order chi connectivity index (χ0) is 19.6. The number of hydrogen-bond donors (Lipinski definition) is 1. The highest BCUT2D eigenvalue weighted by Crippen LogP contribution is 2.38. The van der Waals surface area contributed by atoms with Crippen molar-refractivity contribution in [1.82, 2.24) is 4.57 Å². The monoisotopic (exact) mass is 387 g/mol. The quantitative estimate of drug-likeness (QED) is 0.513. The molecule has 2 aromatic carbocycles. The molecular weight excluding hydrogens is 371 g/mol. The van der Waals surface area contributed by atoms with E-state index in [1.807, 2.05) is 31.2 Å². The molecule has 0 aliphatic carbocycles. The van der Waals surface area contributed by atoms with Crippen LogP contribution in [-0.2, 0) is 12.7 Å². The minimum atomic E-state index is -4.43. The third-order valence-corrected chi connectivity index (χ3v) is 4.74. The van der Waals surface area contributed by atoms with E-state index in [0.717, 1.165) is 23.4 Å². The van der Waals surface area contributed by atoms with Gasteiger partial charge in [0.15, 0.2) is 0 Å². The molecule has 0 spiro atoms. The Morgan fingerprint density at radius 1 is 1.26 bits per heavy atom. The summed E-state index contributed by atoms with van der Waals surface area (Å²) in [5, 5.41) is 11.9. The van der Waals surface area contributed by atoms with Crippen molar-refractivity contribution in [3.05, 3.63) is 65.6 Å². The SMILES string of the molecule is C=CSNc1cccc(-c2c(C#N)c3ccc(C(F)(F)F)cc3n2CC)c1. The summed E-state index contributed by atoms with van der Waals surface area (Å²) in [4.78, 5) is 0. The molecule has 1 N–H and O–H groups in total. The maximum atomic E-state index is 13.1. The van der Waals surface area contributed by atoms with Crippen LogP contribution in [0.2, 0.25) is 0 Å². The third kappa shape index (κ3) is 3.53. The number of benzene rings is 2. The number of anilines is 1. The zero-order valence-corrected chi connectivity index (χ0v) is 15.3. The van der Waals surface area contributed by atoms with Crippen molar-refractivity contribution >= 4 is 28.5 Å². The molecule has 0 unspecified atom stereocenters. The van der Waals surface area contributed by atoms with Crippen LogP contribution in [0.1, 0.15) is 18.1 Å². The number of aromatic nitrogens is 1. The highest BCUT2D eigenvalue weighted by Gasteiger charge is 2.31. The van der Waals surface area contributed by atoms with Crippen LogP contribution in [0.5, 0.6) is 0 Å². The lowest BCUT2D eigenvalue weighted by Gasteiger charge is -2.11. The highest BCUT2D eigenvalue weighted by atomic mass is 32.2. The van der Waals surface area contributed by atoms with Crippen LogP contribution in [-0.4, -0.2) is 4.57 Å². The van der Waals surface area contributed by atoms with E-state index >= 15 is 0 Å². The Labute approximate surface area is 159 Å². The van der Waals surface area contributed by atoms with E-state index in [2.05, 4.69) is 17.4 Å². The van der Waals surface area contributed by atoms with Crippen molar-refractivity contribution in [3.63, 3.8) is 0 Å². The molecule has 0 atom stereocenters. The fourth-order valence-corrected chi connectivity index (χ4v) is 3.45. The molecule has 138 valence electrons. The standard InChI is InChI=1S/C20H16F3N3S/c1-3-26-18-11-14(20(21,22)23)8-9-16(18)17(12-24)19(26)13-6-5-7-15(10-13)25-27-4-2/h4-11,25H,2-3H2,1H3. The average Bonchev–Trinajstić information content (AvgIpc) is 2.98. The van der Waals surface area contributed by atoms with E-state index in [1.54, 1.807) is 9.98 Å². The minimum absolute atomic E-state index is 0.370. The van der Waals surface area contributed by atoms with Crippen molar-refractivity contribution < 1.29 is 13.2 Å². The van der Waals surface area contributed by atoms with Gasteiger partial charge in [0.05, 0.1) is 22.3 Å². The van der Waals surface area contributed by atoms with Gasteiger partial charge >= 0.3 is 6.18 Å². The first-order chi connectivity index (χ1) is 12.9. The number of hydrogen-bond acceptors (Lipinski definition) is 3. The minimum Gasteiger partial charge on any atom is -0.340 e. The molecule has 27 heavy (non-hydrogen) atoms. The lowest BCUT2D eigenvalue weighted by Crippen LogP contribution is -2.05. The van der Waals surface area contributed by atoms with Crippen molar-refractivity contribution in [2.24, 2.45) is 0 Å². The Morgan fingerprint density at radius 2 is 2.04 bits per heavy atom. The number of nitriles is 1. The second kappa shape index (κ2) is 7.41. The second-order valence-electron chi connectivity index (χ2n) is 5.78. The van der Waals surface area contributed by atoms with Crippen LogP contribution in [0.15, 0.2) is 54.5 Å². The molecule has 0 aliphatic rings. The van der Waals surface area contributed by atoms with Crippen molar-refractivity contribution in [3.8, 4) is 17.3 Å². The van der Waals surface area contributed by atoms with Crippen molar-refractivity contribution in [2.75, 3.05) is 4.72 Å². The molecule has 0 saturated carbocycles. The highest BCUT2D eigenvalue weighted by molar-refractivity contribution is 8.03. The van der Waals surface area contributed by atoms with E-state index < -0.39 is 11.7 Å². The summed E-state index contributed by atoms with van der Waals surface area (Å²) in [6, 6.07) is 13.1. The van der Waals surface area contributed by atoms with E-state index in [0.29, 0.717) is 28.7 Å². The molecule has 0 radical (unpaired) electrons. The first-order valence-corrected chi connectivity index (χ1v) is 9.05. The van der Waals surface area contributed by atoms with Crippen LogP contribution < -0.4 is 4.72 Å². The Balaban J connectivity index is 2.26. The zero-order valence-electron chi connectivity index (χ0n) is 14.5. The van der Waals surface area contributed by atoms with Crippen molar-refractivity contribution in [2.45, 2.75) is 19.6 Å². The molecule has 3 aromatic rings. The molecule has 0 saturated heterocycles. The number of rotatable bonds is 5. The normalized spacial score (nSPS) is 11.4. The fourth-order valence-electron chi connectivity index (χ4n) is 3.11. The lowest BCUT2D eigenvalue weighted by atomic mass is 10.0. The fraction of sp³-hybridized carbons (Fsp3) is 0.150.